The molecule has 0 radical (unpaired) electrons. The average Bonchev–Trinajstić information content (AvgIpc) is 1.98. The standard InChI is InChI=1S/C6H6F5N/c7-3-6(1-2-12,4(8)9)5(10)11/h4-5H,1,3H2. The van der Waals surface area contributed by atoms with E-state index in [9.17, 15) is 22.0 Å². The predicted octanol–water partition coefficient (Wildman–Crippen LogP) is 2.39. The van der Waals surface area contributed by atoms with Crippen molar-refractivity contribution in [3.8, 4) is 6.07 Å². The van der Waals surface area contributed by atoms with Crippen LogP contribution in [0.4, 0.5) is 22.0 Å². The number of alkyl halides is 5. The lowest BCUT2D eigenvalue weighted by Crippen LogP contribution is -2.39. The van der Waals surface area contributed by atoms with Crippen LogP contribution in [-0.4, -0.2) is 19.5 Å². The van der Waals surface area contributed by atoms with Gasteiger partial charge in [-0.2, -0.15) is 5.26 Å². The largest absolute Gasteiger partial charge is 0.253 e. The van der Waals surface area contributed by atoms with Crippen LogP contribution in [0, 0.1) is 16.7 Å². The second kappa shape index (κ2) is 4.24. The second-order valence-corrected chi connectivity index (χ2v) is 2.30. The molecular formula is C6H6F5N. The summed E-state index contributed by atoms with van der Waals surface area (Å²) >= 11 is 0. The maximum atomic E-state index is 11.9. The van der Waals surface area contributed by atoms with Gasteiger partial charge in [0, 0.05) is 0 Å². The summed E-state index contributed by atoms with van der Waals surface area (Å²) in [5, 5.41) is 7.95. The Labute approximate surface area is 65.8 Å². The Balaban J connectivity index is 4.66. The molecule has 0 atom stereocenters. The van der Waals surface area contributed by atoms with Gasteiger partial charge in [-0.1, -0.05) is 0 Å². The van der Waals surface area contributed by atoms with Gasteiger partial charge < -0.3 is 0 Å². The molecule has 1 nitrogen and oxygen atoms in total. The Kier molecular flexibility index (Phi) is 3.93. The fraction of sp³-hybridized carbons (Fsp3) is 0.833. The van der Waals surface area contributed by atoms with E-state index in [1.54, 1.807) is 0 Å². The molecule has 0 aromatic heterocycles. The highest BCUT2D eigenvalue weighted by Gasteiger charge is 2.49. The number of rotatable bonds is 4. The van der Waals surface area contributed by atoms with E-state index in [-0.39, 0.29) is 0 Å². The van der Waals surface area contributed by atoms with Gasteiger partial charge in [-0.15, -0.1) is 0 Å². The van der Waals surface area contributed by atoms with E-state index >= 15 is 0 Å². The molecule has 0 rings (SSSR count). The molecule has 0 aliphatic heterocycles. The third-order valence-electron chi connectivity index (χ3n) is 1.53. The summed E-state index contributed by atoms with van der Waals surface area (Å²) in [7, 11) is 0. The van der Waals surface area contributed by atoms with Crippen LogP contribution >= 0.6 is 0 Å². The molecule has 0 amide bonds. The molecule has 0 aromatic rings. The fourth-order valence-corrected chi connectivity index (χ4v) is 0.561. The summed E-state index contributed by atoms with van der Waals surface area (Å²) < 4.78 is 59.6. The average molecular weight is 187 g/mol. The predicted molar refractivity (Wildman–Crippen MR) is 30.6 cm³/mol. The lowest BCUT2D eigenvalue weighted by molar-refractivity contribution is -0.117. The summed E-state index contributed by atoms with van der Waals surface area (Å²) in [5.41, 5.74) is -3.10. The maximum absolute atomic E-state index is 11.9. The third kappa shape index (κ3) is 1.84. The monoisotopic (exact) mass is 187 g/mol. The van der Waals surface area contributed by atoms with Crippen LogP contribution in [0.3, 0.4) is 0 Å². The van der Waals surface area contributed by atoms with Crippen molar-refractivity contribution in [1.82, 2.24) is 0 Å². The van der Waals surface area contributed by atoms with Gasteiger partial charge in [0.1, 0.15) is 12.1 Å². The lowest BCUT2D eigenvalue weighted by Gasteiger charge is -2.25. The molecule has 0 N–H and O–H groups in total. The highest BCUT2D eigenvalue weighted by atomic mass is 19.3. The number of hydrogen-bond donors (Lipinski definition) is 0. The van der Waals surface area contributed by atoms with Crippen LogP contribution in [-0.2, 0) is 0 Å². The van der Waals surface area contributed by atoms with Crippen molar-refractivity contribution < 1.29 is 22.0 Å². The summed E-state index contributed by atoms with van der Waals surface area (Å²) in [6.45, 7) is -1.89. The number of hydrogen-bond acceptors (Lipinski definition) is 1. The van der Waals surface area contributed by atoms with Gasteiger partial charge in [0.25, 0.3) is 12.9 Å². The van der Waals surface area contributed by atoms with Crippen molar-refractivity contribution in [2.45, 2.75) is 19.3 Å². The Morgan fingerprint density at radius 2 is 1.58 bits per heavy atom. The number of halogens is 5. The molecule has 0 aromatic carbocycles. The third-order valence-corrected chi connectivity index (χ3v) is 1.53. The second-order valence-electron chi connectivity index (χ2n) is 2.30. The smallest absolute Gasteiger partial charge is 0.250 e. The summed E-state index contributed by atoms with van der Waals surface area (Å²) in [5.74, 6) is 0. The minimum Gasteiger partial charge on any atom is -0.250 e. The van der Waals surface area contributed by atoms with Gasteiger partial charge in [0.15, 0.2) is 0 Å². The maximum Gasteiger partial charge on any atom is 0.253 e. The number of nitriles is 1. The molecule has 0 aliphatic carbocycles. The molecule has 0 aliphatic rings. The molecule has 0 spiro atoms. The van der Waals surface area contributed by atoms with Crippen molar-refractivity contribution in [2.75, 3.05) is 6.67 Å². The molecule has 0 saturated heterocycles. The highest BCUT2D eigenvalue weighted by Crippen LogP contribution is 2.37. The summed E-state index contributed by atoms with van der Waals surface area (Å²) in [4.78, 5) is 0. The first-order valence-electron chi connectivity index (χ1n) is 3.00. The van der Waals surface area contributed by atoms with Crippen molar-refractivity contribution >= 4 is 0 Å². The summed E-state index contributed by atoms with van der Waals surface area (Å²) in [6.07, 6.45) is -8.23. The Morgan fingerprint density at radius 1 is 1.17 bits per heavy atom. The molecule has 0 saturated carbocycles. The normalized spacial score (nSPS) is 12.2. The van der Waals surface area contributed by atoms with Crippen molar-refractivity contribution in [1.29, 1.82) is 5.26 Å². The van der Waals surface area contributed by atoms with E-state index in [2.05, 4.69) is 0 Å². The van der Waals surface area contributed by atoms with Crippen LogP contribution in [0.15, 0.2) is 0 Å². The Bertz CT molecular complexity index is 165. The highest BCUT2D eigenvalue weighted by molar-refractivity contribution is 4.92. The zero-order chi connectivity index (χ0) is 9.78. The SMILES string of the molecule is N#CCC(CF)(C(F)F)C(F)F. The molecule has 0 bridgehead atoms. The van der Waals surface area contributed by atoms with Gasteiger partial charge in [-0.05, 0) is 0 Å². The summed E-state index contributed by atoms with van der Waals surface area (Å²) in [6, 6.07) is 1.12. The minimum atomic E-state index is -3.53. The van der Waals surface area contributed by atoms with E-state index in [1.165, 1.54) is 0 Å². The van der Waals surface area contributed by atoms with Gasteiger partial charge in [0.2, 0.25) is 0 Å². The molecular weight excluding hydrogens is 181 g/mol. The van der Waals surface area contributed by atoms with Crippen LogP contribution < -0.4 is 0 Å². The molecule has 6 heteroatoms. The Hall–Kier alpha value is -0.860. The quantitative estimate of drug-likeness (QED) is 0.620. The Morgan fingerprint density at radius 3 is 1.67 bits per heavy atom. The van der Waals surface area contributed by atoms with Crippen LogP contribution in [0.5, 0.6) is 0 Å². The minimum absolute atomic E-state index is 1.12. The first-order chi connectivity index (χ1) is 5.51. The van der Waals surface area contributed by atoms with E-state index < -0.39 is 31.4 Å². The van der Waals surface area contributed by atoms with Gasteiger partial charge in [0.05, 0.1) is 12.5 Å². The molecule has 0 fully saturated rings. The van der Waals surface area contributed by atoms with Gasteiger partial charge in [-0.25, -0.2) is 22.0 Å². The number of nitrogens with zero attached hydrogens (tertiary/aromatic N) is 1. The first kappa shape index (κ1) is 11.1. The molecule has 0 heterocycles. The zero-order valence-electron chi connectivity index (χ0n) is 5.91. The van der Waals surface area contributed by atoms with E-state index in [0.29, 0.717) is 0 Å². The van der Waals surface area contributed by atoms with E-state index in [4.69, 9.17) is 5.26 Å². The van der Waals surface area contributed by atoms with Gasteiger partial charge >= 0.3 is 0 Å². The van der Waals surface area contributed by atoms with Crippen molar-refractivity contribution in [3.05, 3.63) is 0 Å². The molecule has 70 valence electrons. The lowest BCUT2D eigenvalue weighted by atomic mass is 9.87. The molecule has 12 heavy (non-hydrogen) atoms. The van der Waals surface area contributed by atoms with Crippen molar-refractivity contribution in [2.24, 2.45) is 5.41 Å². The molecule has 0 unspecified atom stereocenters. The van der Waals surface area contributed by atoms with Crippen LogP contribution in [0.1, 0.15) is 6.42 Å². The van der Waals surface area contributed by atoms with E-state index in [1.807, 2.05) is 0 Å². The first-order valence-corrected chi connectivity index (χ1v) is 3.00. The van der Waals surface area contributed by atoms with Crippen LogP contribution in [0.2, 0.25) is 0 Å². The van der Waals surface area contributed by atoms with Gasteiger partial charge in [-0.3, -0.25) is 0 Å². The fourth-order valence-electron chi connectivity index (χ4n) is 0.561. The zero-order valence-corrected chi connectivity index (χ0v) is 5.91. The van der Waals surface area contributed by atoms with Crippen LogP contribution in [0.25, 0.3) is 0 Å². The van der Waals surface area contributed by atoms with Crippen molar-refractivity contribution in [3.63, 3.8) is 0 Å². The van der Waals surface area contributed by atoms with E-state index in [0.717, 1.165) is 6.07 Å². The topological polar surface area (TPSA) is 23.8 Å².